The zero-order valence-corrected chi connectivity index (χ0v) is 17.7. The molecule has 0 radical (unpaired) electrons. The fourth-order valence-electron chi connectivity index (χ4n) is 4.16. The molecule has 0 bridgehead atoms. The van der Waals surface area contributed by atoms with Crippen LogP contribution in [0.15, 0.2) is 24.3 Å². The highest BCUT2D eigenvalue weighted by molar-refractivity contribution is 7.71. The SMILES string of the molecule is CNC(=O)c1ccc(C[NH+](C)Cn2c(C)c(C)n(C3CCCC3)c2=S)cc1. The molecule has 1 saturated carbocycles. The largest absolute Gasteiger partial charge is 0.355 e. The molecule has 146 valence electrons. The van der Waals surface area contributed by atoms with Crippen LogP contribution in [-0.4, -0.2) is 29.1 Å². The summed E-state index contributed by atoms with van der Waals surface area (Å²) in [5, 5.41) is 2.66. The highest BCUT2D eigenvalue weighted by atomic mass is 32.1. The van der Waals surface area contributed by atoms with E-state index in [1.165, 1.54) is 47.5 Å². The topological polar surface area (TPSA) is 43.4 Å². The fraction of sp³-hybridized carbons (Fsp3) is 0.524. The number of amides is 1. The summed E-state index contributed by atoms with van der Waals surface area (Å²) in [6.07, 6.45) is 5.12. The molecule has 2 N–H and O–H groups in total. The van der Waals surface area contributed by atoms with Gasteiger partial charge in [-0.15, -0.1) is 0 Å². The number of rotatable bonds is 6. The minimum Gasteiger partial charge on any atom is -0.355 e. The summed E-state index contributed by atoms with van der Waals surface area (Å²) in [6, 6.07) is 8.43. The lowest BCUT2D eigenvalue weighted by atomic mass is 10.1. The molecule has 1 aliphatic carbocycles. The smallest absolute Gasteiger partial charge is 0.251 e. The van der Waals surface area contributed by atoms with Crippen LogP contribution < -0.4 is 10.2 Å². The van der Waals surface area contributed by atoms with Crippen molar-refractivity contribution in [2.24, 2.45) is 0 Å². The Morgan fingerprint density at radius 3 is 2.41 bits per heavy atom. The molecule has 1 aromatic carbocycles. The van der Waals surface area contributed by atoms with Gasteiger partial charge in [0.05, 0.1) is 7.05 Å². The van der Waals surface area contributed by atoms with Crippen LogP contribution in [0.25, 0.3) is 0 Å². The molecular formula is C21H31N4OS+. The number of nitrogens with zero attached hydrogens (tertiary/aromatic N) is 2. The predicted molar refractivity (Wildman–Crippen MR) is 111 cm³/mol. The Balaban J connectivity index is 1.72. The molecule has 1 unspecified atom stereocenters. The predicted octanol–water partition coefficient (Wildman–Crippen LogP) is 2.78. The first-order valence-electron chi connectivity index (χ1n) is 9.83. The second kappa shape index (κ2) is 8.40. The van der Waals surface area contributed by atoms with E-state index in [4.69, 9.17) is 12.2 Å². The van der Waals surface area contributed by atoms with Crippen molar-refractivity contribution in [3.8, 4) is 0 Å². The molecular weight excluding hydrogens is 356 g/mol. The number of hydrogen-bond donors (Lipinski definition) is 2. The Morgan fingerprint density at radius 1 is 1.19 bits per heavy atom. The lowest BCUT2D eigenvalue weighted by Crippen LogP contribution is -3.06. The van der Waals surface area contributed by atoms with Crippen LogP contribution in [-0.2, 0) is 13.2 Å². The molecule has 27 heavy (non-hydrogen) atoms. The van der Waals surface area contributed by atoms with E-state index >= 15 is 0 Å². The van der Waals surface area contributed by atoms with Gasteiger partial charge in [-0.3, -0.25) is 9.36 Å². The monoisotopic (exact) mass is 387 g/mol. The standard InChI is InChI=1S/C21H30N4OS/c1-15-16(2)25(19-7-5-6-8-19)21(27)24(15)14-23(4)13-17-9-11-18(12-10-17)20(26)22-3/h9-12,19H,5-8,13-14H2,1-4H3,(H,22,26)/p+1. The van der Waals surface area contributed by atoms with E-state index in [0.29, 0.717) is 11.6 Å². The second-order valence-corrected chi connectivity index (χ2v) is 8.12. The zero-order chi connectivity index (χ0) is 19.6. The number of nitrogens with one attached hydrogen (secondary N) is 2. The number of hydrogen-bond acceptors (Lipinski definition) is 2. The maximum Gasteiger partial charge on any atom is 0.251 e. The van der Waals surface area contributed by atoms with Gasteiger partial charge in [-0.05, 0) is 51.0 Å². The van der Waals surface area contributed by atoms with Crippen molar-refractivity contribution in [3.63, 3.8) is 0 Å². The molecule has 1 aromatic heterocycles. The van der Waals surface area contributed by atoms with Gasteiger partial charge < -0.3 is 14.8 Å². The van der Waals surface area contributed by atoms with Gasteiger partial charge in [-0.1, -0.05) is 25.0 Å². The van der Waals surface area contributed by atoms with Crippen molar-refractivity contribution in [3.05, 3.63) is 51.6 Å². The van der Waals surface area contributed by atoms with Crippen LogP contribution in [0.3, 0.4) is 0 Å². The number of benzene rings is 1. The van der Waals surface area contributed by atoms with E-state index in [1.807, 2.05) is 24.3 Å². The van der Waals surface area contributed by atoms with Gasteiger partial charge >= 0.3 is 0 Å². The Hall–Kier alpha value is -1.92. The number of quaternary nitrogens is 1. The van der Waals surface area contributed by atoms with Crippen molar-refractivity contribution in [1.82, 2.24) is 14.5 Å². The van der Waals surface area contributed by atoms with Gasteiger partial charge in [0.2, 0.25) is 0 Å². The third-order valence-electron chi connectivity index (χ3n) is 5.79. The molecule has 6 heteroatoms. The molecule has 1 atom stereocenters. The minimum absolute atomic E-state index is 0.0482. The average molecular weight is 388 g/mol. The van der Waals surface area contributed by atoms with Gasteiger partial charge in [0.1, 0.15) is 6.54 Å². The summed E-state index contributed by atoms with van der Waals surface area (Å²) in [5.41, 5.74) is 4.51. The number of aromatic nitrogens is 2. The normalized spacial score (nSPS) is 15.9. The molecule has 2 aromatic rings. The van der Waals surface area contributed by atoms with Crippen LogP contribution in [0.2, 0.25) is 0 Å². The van der Waals surface area contributed by atoms with E-state index < -0.39 is 0 Å². The molecule has 0 saturated heterocycles. The molecule has 1 amide bonds. The highest BCUT2D eigenvalue weighted by Crippen LogP contribution is 2.32. The first kappa shape index (κ1) is 19.8. The van der Waals surface area contributed by atoms with Crippen molar-refractivity contribution in [2.75, 3.05) is 14.1 Å². The van der Waals surface area contributed by atoms with Crippen molar-refractivity contribution in [2.45, 2.75) is 58.8 Å². The van der Waals surface area contributed by atoms with E-state index in [0.717, 1.165) is 18.0 Å². The van der Waals surface area contributed by atoms with Crippen LogP contribution >= 0.6 is 12.2 Å². The second-order valence-electron chi connectivity index (χ2n) is 7.76. The van der Waals surface area contributed by atoms with E-state index in [-0.39, 0.29) is 5.91 Å². The Kier molecular flexibility index (Phi) is 6.17. The zero-order valence-electron chi connectivity index (χ0n) is 16.8. The first-order valence-corrected chi connectivity index (χ1v) is 10.2. The van der Waals surface area contributed by atoms with Gasteiger partial charge in [0.25, 0.3) is 5.91 Å². The maximum absolute atomic E-state index is 11.7. The highest BCUT2D eigenvalue weighted by Gasteiger charge is 2.23. The van der Waals surface area contributed by atoms with E-state index in [2.05, 4.69) is 35.3 Å². The molecule has 0 aliphatic heterocycles. The summed E-state index contributed by atoms with van der Waals surface area (Å²) in [7, 11) is 3.84. The molecule has 1 heterocycles. The Bertz CT molecular complexity index is 860. The van der Waals surface area contributed by atoms with Gasteiger partial charge in [0.15, 0.2) is 11.4 Å². The average Bonchev–Trinajstić information content (AvgIpc) is 3.25. The minimum atomic E-state index is -0.0482. The number of carbonyl (C=O) groups excluding carboxylic acids is 1. The first-order chi connectivity index (χ1) is 12.9. The molecule has 3 rings (SSSR count). The summed E-state index contributed by atoms with van der Waals surface area (Å²) in [6.45, 7) is 6.13. The van der Waals surface area contributed by atoms with E-state index in [9.17, 15) is 4.79 Å². The summed E-state index contributed by atoms with van der Waals surface area (Å²) in [5.74, 6) is -0.0482. The Morgan fingerprint density at radius 2 is 1.81 bits per heavy atom. The molecule has 0 spiro atoms. The lowest BCUT2D eigenvalue weighted by Gasteiger charge is -2.16. The Labute approximate surface area is 167 Å². The number of carbonyl (C=O) groups is 1. The van der Waals surface area contributed by atoms with Crippen LogP contribution in [0, 0.1) is 18.6 Å². The quantitative estimate of drug-likeness (QED) is 0.749. The van der Waals surface area contributed by atoms with Crippen molar-refractivity contribution < 1.29 is 9.69 Å². The number of imidazole rings is 1. The van der Waals surface area contributed by atoms with Crippen LogP contribution in [0.4, 0.5) is 0 Å². The van der Waals surface area contributed by atoms with Crippen molar-refractivity contribution >= 4 is 18.1 Å². The van der Waals surface area contributed by atoms with Gasteiger partial charge in [-0.2, -0.15) is 0 Å². The molecule has 1 fully saturated rings. The maximum atomic E-state index is 11.7. The van der Waals surface area contributed by atoms with Crippen molar-refractivity contribution in [1.29, 1.82) is 0 Å². The van der Waals surface area contributed by atoms with Crippen LogP contribution in [0.5, 0.6) is 0 Å². The lowest BCUT2D eigenvalue weighted by molar-refractivity contribution is -0.917. The summed E-state index contributed by atoms with van der Waals surface area (Å²) < 4.78 is 5.64. The summed E-state index contributed by atoms with van der Waals surface area (Å²) >= 11 is 5.85. The fourth-order valence-corrected chi connectivity index (χ4v) is 4.65. The van der Waals surface area contributed by atoms with Gasteiger partial charge in [0, 0.05) is 35.6 Å². The molecule has 1 aliphatic rings. The van der Waals surface area contributed by atoms with Gasteiger partial charge in [-0.25, -0.2) is 0 Å². The third-order valence-corrected chi connectivity index (χ3v) is 6.21. The molecule has 5 nitrogen and oxygen atoms in total. The van der Waals surface area contributed by atoms with Crippen LogP contribution in [0.1, 0.15) is 59.0 Å². The summed E-state index contributed by atoms with van der Waals surface area (Å²) in [4.78, 5) is 13.0. The van der Waals surface area contributed by atoms with E-state index in [1.54, 1.807) is 7.05 Å². The third kappa shape index (κ3) is 4.17.